The Balaban J connectivity index is 1.84. The van der Waals surface area contributed by atoms with Gasteiger partial charge < -0.3 is 14.9 Å². The number of likely N-dealkylation sites (N-methyl/N-ethyl adjacent to an activating group) is 1. The van der Waals surface area contributed by atoms with Gasteiger partial charge in [0.15, 0.2) is 0 Å². The van der Waals surface area contributed by atoms with E-state index in [1.165, 1.54) is 0 Å². The number of hydrogen-bond acceptors (Lipinski definition) is 4. The van der Waals surface area contributed by atoms with Crippen molar-refractivity contribution in [2.45, 2.75) is 18.4 Å². The fourth-order valence-corrected chi connectivity index (χ4v) is 4.00. The highest BCUT2D eigenvalue weighted by atomic mass is 16.4. The lowest BCUT2D eigenvalue weighted by Gasteiger charge is -2.49. The molecule has 2 bridgehead atoms. The molecule has 3 rings (SSSR count). The van der Waals surface area contributed by atoms with Gasteiger partial charge in [-0.3, -0.25) is 9.69 Å². The second kappa shape index (κ2) is 4.47. The van der Waals surface area contributed by atoms with Gasteiger partial charge in [-0.1, -0.05) is 0 Å². The number of carbonyl (C=O) groups is 1. The lowest BCUT2D eigenvalue weighted by atomic mass is 9.77. The minimum absolute atomic E-state index is 0.326. The van der Waals surface area contributed by atoms with E-state index in [-0.39, 0.29) is 0 Å². The Morgan fingerprint density at radius 1 is 1.17 bits per heavy atom. The predicted molar refractivity (Wildman–Crippen MR) is 68.6 cm³/mol. The van der Waals surface area contributed by atoms with Crippen molar-refractivity contribution in [3.05, 3.63) is 0 Å². The molecule has 5 nitrogen and oxygen atoms in total. The summed E-state index contributed by atoms with van der Waals surface area (Å²) in [5.74, 6) is -0.259. The lowest BCUT2D eigenvalue weighted by Crippen LogP contribution is -2.66. The summed E-state index contributed by atoms with van der Waals surface area (Å²) >= 11 is 0. The standard InChI is InChI=1S/C13H23N3O2/c1-14-6-8-16(9-7-14)13(12(17)18)3-5-15-4-2-11(13)10-15/h11H,2-10H2,1H3,(H,17,18). The van der Waals surface area contributed by atoms with Crippen LogP contribution in [0.1, 0.15) is 12.8 Å². The van der Waals surface area contributed by atoms with Crippen LogP contribution in [0.15, 0.2) is 0 Å². The summed E-state index contributed by atoms with van der Waals surface area (Å²) in [6.45, 7) is 6.82. The van der Waals surface area contributed by atoms with Gasteiger partial charge in [0.05, 0.1) is 0 Å². The Morgan fingerprint density at radius 3 is 2.56 bits per heavy atom. The van der Waals surface area contributed by atoms with Crippen LogP contribution < -0.4 is 0 Å². The first kappa shape index (κ1) is 12.4. The number of carboxylic acids is 1. The Bertz CT molecular complexity index is 341. The minimum atomic E-state index is -0.585. The monoisotopic (exact) mass is 253 g/mol. The molecule has 0 aliphatic carbocycles. The smallest absolute Gasteiger partial charge is 0.324 e. The van der Waals surface area contributed by atoms with Gasteiger partial charge in [-0.2, -0.15) is 0 Å². The van der Waals surface area contributed by atoms with E-state index in [1.54, 1.807) is 0 Å². The van der Waals surface area contributed by atoms with Gasteiger partial charge >= 0.3 is 5.97 Å². The van der Waals surface area contributed by atoms with E-state index >= 15 is 0 Å². The number of carboxylic acid groups (broad SMARTS) is 1. The molecule has 0 aromatic rings. The molecule has 3 aliphatic rings. The second-order valence-electron chi connectivity index (χ2n) is 6.06. The third kappa shape index (κ3) is 1.76. The maximum atomic E-state index is 12.0. The fraction of sp³-hybridized carbons (Fsp3) is 0.923. The van der Waals surface area contributed by atoms with Crippen LogP contribution in [0.2, 0.25) is 0 Å². The van der Waals surface area contributed by atoms with Gasteiger partial charge in [0.25, 0.3) is 0 Å². The van der Waals surface area contributed by atoms with Crippen molar-refractivity contribution >= 4 is 5.97 Å². The molecule has 3 unspecified atom stereocenters. The number of aliphatic carboxylic acids is 1. The number of rotatable bonds is 2. The molecule has 0 amide bonds. The molecule has 3 heterocycles. The highest BCUT2D eigenvalue weighted by Crippen LogP contribution is 2.40. The average molecular weight is 253 g/mol. The lowest BCUT2D eigenvalue weighted by molar-refractivity contribution is -0.160. The quantitative estimate of drug-likeness (QED) is 0.737. The predicted octanol–water partition coefficient (Wildman–Crippen LogP) is -0.217. The van der Waals surface area contributed by atoms with Crippen LogP contribution in [0.5, 0.6) is 0 Å². The maximum Gasteiger partial charge on any atom is 0.324 e. The van der Waals surface area contributed by atoms with Crippen molar-refractivity contribution in [1.29, 1.82) is 0 Å². The highest BCUT2D eigenvalue weighted by Gasteiger charge is 2.55. The summed E-state index contributed by atoms with van der Waals surface area (Å²) in [5.41, 5.74) is -0.575. The summed E-state index contributed by atoms with van der Waals surface area (Å²) < 4.78 is 0. The van der Waals surface area contributed by atoms with Crippen LogP contribution in [0, 0.1) is 5.92 Å². The van der Waals surface area contributed by atoms with Crippen LogP contribution >= 0.6 is 0 Å². The van der Waals surface area contributed by atoms with Gasteiger partial charge in [0.1, 0.15) is 5.54 Å². The van der Waals surface area contributed by atoms with Crippen molar-refractivity contribution in [2.24, 2.45) is 5.92 Å². The van der Waals surface area contributed by atoms with Gasteiger partial charge in [0, 0.05) is 45.2 Å². The summed E-state index contributed by atoms with van der Waals surface area (Å²) in [6, 6.07) is 0. The maximum absolute atomic E-state index is 12.0. The first-order chi connectivity index (χ1) is 8.63. The third-order valence-electron chi connectivity index (χ3n) is 5.19. The van der Waals surface area contributed by atoms with Crippen molar-refractivity contribution in [2.75, 3.05) is 52.9 Å². The second-order valence-corrected chi connectivity index (χ2v) is 6.06. The number of fused-ring (bicyclic) bond motifs is 2. The summed E-state index contributed by atoms with van der Waals surface area (Å²) in [4.78, 5) is 18.9. The molecule has 0 saturated carbocycles. The molecule has 0 aromatic heterocycles. The molecule has 3 saturated heterocycles. The Labute approximate surface area is 108 Å². The third-order valence-corrected chi connectivity index (χ3v) is 5.19. The van der Waals surface area contributed by atoms with Crippen LogP contribution in [-0.4, -0.2) is 84.2 Å². The van der Waals surface area contributed by atoms with E-state index in [0.717, 1.165) is 58.7 Å². The largest absolute Gasteiger partial charge is 0.480 e. The zero-order chi connectivity index (χ0) is 12.8. The van der Waals surface area contributed by atoms with E-state index in [1.807, 2.05) is 0 Å². The molecule has 18 heavy (non-hydrogen) atoms. The first-order valence-corrected chi connectivity index (χ1v) is 7.02. The zero-order valence-electron chi connectivity index (χ0n) is 11.1. The normalized spacial score (nSPS) is 42.1. The van der Waals surface area contributed by atoms with E-state index in [0.29, 0.717) is 5.92 Å². The molecular formula is C13H23N3O2. The molecule has 3 aliphatic heterocycles. The van der Waals surface area contributed by atoms with E-state index in [4.69, 9.17) is 0 Å². The van der Waals surface area contributed by atoms with Crippen LogP contribution in [0.25, 0.3) is 0 Å². The summed E-state index contributed by atoms with van der Waals surface area (Å²) in [6.07, 6.45) is 1.86. The first-order valence-electron chi connectivity index (χ1n) is 7.02. The van der Waals surface area contributed by atoms with Crippen LogP contribution in [0.4, 0.5) is 0 Å². The molecule has 1 N–H and O–H groups in total. The molecule has 0 aromatic carbocycles. The molecule has 0 spiro atoms. The van der Waals surface area contributed by atoms with E-state index in [9.17, 15) is 9.90 Å². The Morgan fingerprint density at radius 2 is 1.89 bits per heavy atom. The highest BCUT2D eigenvalue weighted by molar-refractivity contribution is 5.79. The van der Waals surface area contributed by atoms with Gasteiger partial charge in [-0.15, -0.1) is 0 Å². The van der Waals surface area contributed by atoms with Gasteiger partial charge in [-0.25, -0.2) is 0 Å². The zero-order valence-corrected chi connectivity index (χ0v) is 11.1. The molecule has 3 atom stereocenters. The topological polar surface area (TPSA) is 47.0 Å². The van der Waals surface area contributed by atoms with Crippen molar-refractivity contribution in [3.63, 3.8) is 0 Å². The molecular weight excluding hydrogens is 230 g/mol. The Hall–Kier alpha value is -0.650. The summed E-state index contributed by atoms with van der Waals surface area (Å²) in [5, 5.41) is 9.85. The van der Waals surface area contributed by atoms with Crippen LogP contribution in [0.3, 0.4) is 0 Å². The van der Waals surface area contributed by atoms with Crippen molar-refractivity contribution in [3.8, 4) is 0 Å². The van der Waals surface area contributed by atoms with Crippen LogP contribution in [-0.2, 0) is 4.79 Å². The SMILES string of the molecule is CN1CCN(C2(C(=O)O)CCN3CCC2C3)CC1. The Kier molecular flexibility index (Phi) is 3.08. The average Bonchev–Trinajstić information content (AvgIpc) is 2.75. The van der Waals surface area contributed by atoms with Gasteiger partial charge in [0.2, 0.25) is 0 Å². The fourth-order valence-electron chi connectivity index (χ4n) is 4.00. The number of piperidine rings is 1. The summed E-state index contributed by atoms with van der Waals surface area (Å²) in [7, 11) is 2.11. The van der Waals surface area contributed by atoms with Crippen molar-refractivity contribution < 1.29 is 9.90 Å². The van der Waals surface area contributed by atoms with E-state index in [2.05, 4.69) is 21.7 Å². The van der Waals surface area contributed by atoms with Gasteiger partial charge in [-0.05, 0) is 26.4 Å². The number of hydrogen-bond donors (Lipinski definition) is 1. The number of nitrogens with zero attached hydrogens (tertiary/aromatic N) is 3. The molecule has 3 fully saturated rings. The van der Waals surface area contributed by atoms with E-state index < -0.39 is 11.5 Å². The number of piperazine rings is 1. The molecule has 102 valence electrons. The molecule has 0 radical (unpaired) electrons. The minimum Gasteiger partial charge on any atom is -0.480 e. The van der Waals surface area contributed by atoms with Crippen molar-refractivity contribution in [1.82, 2.24) is 14.7 Å². The molecule has 5 heteroatoms.